The van der Waals surface area contributed by atoms with Gasteiger partial charge in [-0.25, -0.2) is 5.06 Å². The first-order valence-corrected chi connectivity index (χ1v) is 4.26. The van der Waals surface area contributed by atoms with E-state index in [0.717, 1.165) is 6.42 Å². The van der Waals surface area contributed by atoms with Gasteiger partial charge in [0.25, 0.3) is 5.91 Å². The summed E-state index contributed by atoms with van der Waals surface area (Å²) in [5, 5.41) is 1.32. The van der Waals surface area contributed by atoms with Crippen molar-refractivity contribution in [1.29, 1.82) is 0 Å². The van der Waals surface area contributed by atoms with Gasteiger partial charge in [0.2, 0.25) is 5.91 Å². The van der Waals surface area contributed by atoms with E-state index >= 15 is 0 Å². The van der Waals surface area contributed by atoms with E-state index in [1.165, 1.54) is 16.9 Å². The van der Waals surface area contributed by atoms with Crippen LogP contribution >= 0.6 is 0 Å². The van der Waals surface area contributed by atoms with E-state index in [4.69, 9.17) is 4.84 Å². The molecule has 0 aromatic rings. The van der Waals surface area contributed by atoms with E-state index in [-0.39, 0.29) is 18.4 Å². The fraction of sp³-hybridized carbons (Fsp3) is 0.750. The molecule has 5 heteroatoms. The van der Waals surface area contributed by atoms with Crippen molar-refractivity contribution in [2.75, 3.05) is 26.7 Å². The van der Waals surface area contributed by atoms with E-state index in [2.05, 4.69) is 0 Å². The number of hydrogen-bond donors (Lipinski definition) is 0. The molecule has 1 rings (SSSR count). The Kier molecular flexibility index (Phi) is 3.25. The Labute approximate surface area is 77.2 Å². The molecule has 1 aliphatic heterocycles. The quantitative estimate of drug-likeness (QED) is 0.591. The highest BCUT2D eigenvalue weighted by Gasteiger charge is 2.20. The van der Waals surface area contributed by atoms with E-state index < -0.39 is 0 Å². The summed E-state index contributed by atoms with van der Waals surface area (Å²) >= 11 is 0. The maximum atomic E-state index is 11.4. The smallest absolute Gasteiger partial charge is 0.265 e. The molecule has 1 heterocycles. The Morgan fingerprint density at radius 3 is 2.69 bits per heavy atom. The summed E-state index contributed by atoms with van der Waals surface area (Å²) in [5.74, 6) is -0.275. The lowest BCUT2D eigenvalue weighted by Gasteiger charge is -2.18. The third kappa shape index (κ3) is 2.69. The van der Waals surface area contributed by atoms with Gasteiger partial charge in [-0.05, 0) is 6.42 Å². The topological polar surface area (TPSA) is 49.9 Å². The molecule has 74 valence electrons. The van der Waals surface area contributed by atoms with Crippen molar-refractivity contribution in [2.45, 2.75) is 13.3 Å². The predicted molar refractivity (Wildman–Crippen MR) is 45.6 cm³/mol. The molecule has 1 fully saturated rings. The molecule has 0 saturated carbocycles. The van der Waals surface area contributed by atoms with Crippen LogP contribution in [0.5, 0.6) is 0 Å². The summed E-state index contributed by atoms with van der Waals surface area (Å²) in [4.78, 5) is 28.6. The minimum Gasteiger partial charge on any atom is -0.337 e. The fourth-order valence-electron chi connectivity index (χ4n) is 1.04. The molecule has 0 unspecified atom stereocenters. The Morgan fingerprint density at radius 2 is 2.23 bits per heavy atom. The summed E-state index contributed by atoms with van der Waals surface area (Å²) in [5.41, 5.74) is 0. The highest BCUT2D eigenvalue weighted by atomic mass is 16.7. The minimum absolute atomic E-state index is 0.0926. The van der Waals surface area contributed by atoms with Crippen LogP contribution in [0.25, 0.3) is 0 Å². The van der Waals surface area contributed by atoms with Crippen LogP contribution in [0.1, 0.15) is 13.3 Å². The maximum absolute atomic E-state index is 11.4. The molecule has 0 aromatic carbocycles. The van der Waals surface area contributed by atoms with Crippen LogP contribution in [-0.2, 0) is 14.4 Å². The molecule has 5 nitrogen and oxygen atoms in total. The summed E-state index contributed by atoms with van der Waals surface area (Å²) in [6.45, 7) is 2.74. The van der Waals surface area contributed by atoms with Crippen LogP contribution in [0.4, 0.5) is 0 Å². The molecule has 0 aromatic heterocycles. The zero-order valence-corrected chi connectivity index (χ0v) is 7.95. The largest absolute Gasteiger partial charge is 0.337 e. The van der Waals surface area contributed by atoms with Gasteiger partial charge in [-0.1, -0.05) is 0 Å². The first-order chi connectivity index (χ1) is 6.11. The zero-order valence-electron chi connectivity index (χ0n) is 7.95. The summed E-state index contributed by atoms with van der Waals surface area (Å²) in [6.07, 6.45) is 0.871. The van der Waals surface area contributed by atoms with Gasteiger partial charge in [0.05, 0.1) is 13.2 Å². The third-order valence-corrected chi connectivity index (χ3v) is 1.94. The molecule has 0 bridgehead atoms. The zero-order chi connectivity index (χ0) is 9.84. The SMILES string of the molecule is CC(=O)N(C)CC(=O)N1CCCO1. The fourth-order valence-corrected chi connectivity index (χ4v) is 1.04. The molecular weight excluding hydrogens is 172 g/mol. The molecule has 0 N–H and O–H groups in total. The van der Waals surface area contributed by atoms with E-state index in [1.807, 2.05) is 0 Å². The molecule has 0 radical (unpaired) electrons. The molecule has 0 aliphatic carbocycles. The van der Waals surface area contributed by atoms with Crippen LogP contribution in [-0.4, -0.2) is 48.5 Å². The van der Waals surface area contributed by atoms with Gasteiger partial charge in [0.1, 0.15) is 6.54 Å². The number of hydroxylamine groups is 2. The summed E-state index contributed by atoms with van der Waals surface area (Å²) in [7, 11) is 1.59. The molecule has 1 saturated heterocycles. The monoisotopic (exact) mass is 186 g/mol. The number of hydrogen-bond acceptors (Lipinski definition) is 3. The van der Waals surface area contributed by atoms with Gasteiger partial charge in [0.15, 0.2) is 0 Å². The number of carbonyl (C=O) groups is 2. The van der Waals surface area contributed by atoms with Crippen molar-refractivity contribution in [3.63, 3.8) is 0 Å². The Hall–Kier alpha value is -1.10. The van der Waals surface area contributed by atoms with Gasteiger partial charge in [0, 0.05) is 14.0 Å². The standard InChI is InChI=1S/C8H14N2O3/c1-7(11)9(2)6-8(12)10-4-3-5-13-10/h3-6H2,1-2H3. The van der Waals surface area contributed by atoms with Crippen molar-refractivity contribution < 1.29 is 14.4 Å². The second-order valence-corrected chi connectivity index (χ2v) is 3.06. The minimum atomic E-state index is -0.157. The van der Waals surface area contributed by atoms with Crippen LogP contribution in [0.15, 0.2) is 0 Å². The van der Waals surface area contributed by atoms with Crippen molar-refractivity contribution in [3.05, 3.63) is 0 Å². The van der Waals surface area contributed by atoms with Crippen LogP contribution in [0.2, 0.25) is 0 Å². The van der Waals surface area contributed by atoms with Crippen LogP contribution < -0.4 is 0 Å². The second kappa shape index (κ2) is 4.23. The highest BCUT2D eigenvalue weighted by Crippen LogP contribution is 2.04. The average molecular weight is 186 g/mol. The molecule has 0 spiro atoms. The van der Waals surface area contributed by atoms with E-state index in [9.17, 15) is 9.59 Å². The lowest BCUT2D eigenvalue weighted by molar-refractivity contribution is -0.170. The first kappa shape index (κ1) is 9.98. The Morgan fingerprint density at radius 1 is 1.54 bits per heavy atom. The van der Waals surface area contributed by atoms with Crippen molar-refractivity contribution in [2.24, 2.45) is 0 Å². The normalized spacial score (nSPS) is 16.0. The molecule has 13 heavy (non-hydrogen) atoms. The van der Waals surface area contributed by atoms with Gasteiger partial charge >= 0.3 is 0 Å². The lowest BCUT2D eigenvalue weighted by atomic mass is 10.4. The van der Waals surface area contributed by atoms with Crippen molar-refractivity contribution in [1.82, 2.24) is 9.96 Å². The molecule has 0 atom stereocenters. The van der Waals surface area contributed by atoms with Gasteiger partial charge in [-0.2, -0.15) is 0 Å². The maximum Gasteiger partial charge on any atom is 0.265 e. The first-order valence-electron chi connectivity index (χ1n) is 4.26. The molecular formula is C8H14N2O3. The Balaban J connectivity index is 2.35. The lowest BCUT2D eigenvalue weighted by Crippen LogP contribution is -2.38. The van der Waals surface area contributed by atoms with Crippen molar-refractivity contribution >= 4 is 11.8 Å². The predicted octanol–water partition coefficient (Wildman–Crippen LogP) is -0.371. The van der Waals surface area contributed by atoms with Crippen LogP contribution in [0, 0.1) is 0 Å². The number of likely N-dealkylation sites (N-methyl/N-ethyl adjacent to an activating group) is 1. The Bertz CT molecular complexity index is 211. The van der Waals surface area contributed by atoms with Crippen LogP contribution in [0.3, 0.4) is 0 Å². The molecule has 1 aliphatic rings. The van der Waals surface area contributed by atoms with E-state index in [1.54, 1.807) is 7.05 Å². The highest BCUT2D eigenvalue weighted by molar-refractivity contribution is 5.83. The number of carbonyl (C=O) groups excluding carboxylic acids is 2. The molecule has 2 amide bonds. The van der Waals surface area contributed by atoms with E-state index in [0.29, 0.717) is 13.2 Å². The summed E-state index contributed by atoms with van der Waals surface area (Å²) < 4.78 is 0. The van der Waals surface area contributed by atoms with Gasteiger partial charge in [-0.15, -0.1) is 0 Å². The van der Waals surface area contributed by atoms with Gasteiger partial charge in [-0.3, -0.25) is 14.4 Å². The van der Waals surface area contributed by atoms with Crippen molar-refractivity contribution in [3.8, 4) is 0 Å². The average Bonchev–Trinajstić information content (AvgIpc) is 2.55. The number of amides is 2. The number of nitrogens with zero attached hydrogens (tertiary/aromatic N) is 2. The third-order valence-electron chi connectivity index (χ3n) is 1.94. The second-order valence-electron chi connectivity index (χ2n) is 3.06. The van der Waals surface area contributed by atoms with Gasteiger partial charge < -0.3 is 4.90 Å². The summed E-state index contributed by atoms with van der Waals surface area (Å²) in [6, 6.07) is 0. The number of rotatable bonds is 2.